The van der Waals surface area contributed by atoms with E-state index in [1.807, 2.05) is 72.8 Å². The van der Waals surface area contributed by atoms with Crippen LogP contribution in [0.1, 0.15) is 44.8 Å². The maximum Gasteiger partial charge on any atom is 0.268 e. The van der Waals surface area contributed by atoms with Crippen molar-refractivity contribution in [1.82, 2.24) is 15.2 Å². The molecular formula is C27H25N3O2. The summed E-state index contributed by atoms with van der Waals surface area (Å²) in [6.07, 6.45) is 2.13. The van der Waals surface area contributed by atoms with Gasteiger partial charge in [-0.2, -0.15) is 0 Å². The van der Waals surface area contributed by atoms with Crippen molar-refractivity contribution in [2.75, 3.05) is 0 Å². The van der Waals surface area contributed by atoms with Crippen molar-refractivity contribution < 1.29 is 9.59 Å². The summed E-state index contributed by atoms with van der Waals surface area (Å²) >= 11 is 0. The number of nitrogens with one attached hydrogen (secondary N) is 2. The Morgan fingerprint density at radius 3 is 2.28 bits per heavy atom. The van der Waals surface area contributed by atoms with Gasteiger partial charge < -0.3 is 15.2 Å². The number of benzene rings is 3. The van der Waals surface area contributed by atoms with Gasteiger partial charge in [-0.3, -0.25) is 9.59 Å². The van der Waals surface area contributed by atoms with E-state index in [0.717, 1.165) is 34.9 Å². The molecule has 1 aliphatic rings. The van der Waals surface area contributed by atoms with Crippen LogP contribution in [0.3, 0.4) is 0 Å². The van der Waals surface area contributed by atoms with Crippen LogP contribution in [0, 0.1) is 0 Å². The van der Waals surface area contributed by atoms with Gasteiger partial charge >= 0.3 is 0 Å². The largest absolute Gasteiger partial charge is 0.349 e. The molecule has 160 valence electrons. The zero-order valence-corrected chi connectivity index (χ0v) is 17.8. The molecule has 0 spiro atoms. The van der Waals surface area contributed by atoms with Gasteiger partial charge in [0.2, 0.25) is 0 Å². The van der Waals surface area contributed by atoms with Crippen LogP contribution in [0.25, 0.3) is 10.9 Å². The van der Waals surface area contributed by atoms with Crippen molar-refractivity contribution in [3.8, 4) is 0 Å². The van der Waals surface area contributed by atoms with Crippen molar-refractivity contribution in [2.24, 2.45) is 0 Å². The van der Waals surface area contributed by atoms with E-state index in [-0.39, 0.29) is 11.8 Å². The number of carbonyl (C=O) groups is 2. The van der Waals surface area contributed by atoms with Crippen molar-refractivity contribution in [1.29, 1.82) is 0 Å². The van der Waals surface area contributed by atoms with Crippen molar-refractivity contribution in [3.05, 3.63) is 107 Å². The molecule has 1 saturated carbocycles. The third-order valence-electron chi connectivity index (χ3n) is 5.81. The average molecular weight is 424 g/mol. The molecule has 1 fully saturated rings. The summed E-state index contributed by atoms with van der Waals surface area (Å²) in [6, 6.07) is 27.9. The van der Waals surface area contributed by atoms with Crippen molar-refractivity contribution >= 4 is 22.7 Å². The fraction of sp³-hybridized carbons (Fsp3) is 0.185. The average Bonchev–Trinajstić information content (AvgIpc) is 3.58. The summed E-state index contributed by atoms with van der Waals surface area (Å²) in [5.41, 5.74) is 4.41. The predicted octanol–water partition coefficient (Wildman–Crippen LogP) is 4.51. The molecule has 3 aromatic carbocycles. The highest BCUT2D eigenvalue weighted by Crippen LogP contribution is 2.22. The minimum absolute atomic E-state index is 0.0338. The Bertz CT molecular complexity index is 1260. The lowest BCUT2D eigenvalue weighted by Gasteiger charge is -2.12. The van der Waals surface area contributed by atoms with Gasteiger partial charge in [-0.15, -0.1) is 0 Å². The van der Waals surface area contributed by atoms with Crippen LogP contribution < -0.4 is 10.6 Å². The third-order valence-corrected chi connectivity index (χ3v) is 5.81. The number of para-hydroxylation sites is 1. The van der Waals surface area contributed by atoms with Gasteiger partial charge in [-0.25, -0.2) is 0 Å². The lowest BCUT2D eigenvalue weighted by atomic mass is 10.1. The smallest absolute Gasteiger partial charge is 0.268 e. The van der Waals surface area contributed by atoms with Crippen LogP contribution in [-0.2, 0) is 13.1 Å². The van der Waals surface area contributed by atoms with Crippen LogP contribution in [-0.4, -0.2) is 22.4 Å². The summed E-state index contributed by atoms with van der Waals surface area (Å²) in [6.45, 7) is 1.03. The van der Waals surface area contributed by atoms with Gasteiger partial charge in [-0.05, 0) is 48.2 Å². The molecule has 5 rings (SSSR count). The van der Waals surface area contributed by atoms with Crippen LogP contribution in [0.15, 0.2) is 84.9 Å². The monoisotopic (exact) mass is 423 g/mol. The standard InChI is InChI=1S/C27H25N3O2/c31-26(29-23-14-15-23)21-12-10-19(11-13-21)17-28-27(32)25-16-22-8-4-5-9-24(22)30(25)18-20-6-2-1-3-7-20/h1-13,16,23H,14-15,17-18H2,(H,28,32)(H,29,31). The third kappa shape index (κ3) is 4.42. The minimum Gasteiger partial charge on any atom is -0.349 e. The molecule has 32 heavy (non-hydrogen) atoms. The number of hydrogen-bond donors (Lipinski definition) is 2. The SMILES string of the molecule is O=C(NC1CC1)c1ccc(CNC(=O)c2cc3ccccc3n2Cc2ccccc2)cc1. The van der Waals surface area contributed by atoms with Crippen molar-refractivity contribution in [2.45, 2.75) is 32.0 Å². The Morgan fingerprint density at radius 2 is 1.53 bits per heavy atom. The van der Waals surface area contributed by atoms with Gasteiger partial charge in [0.1, 0.15) is 5.69 Å². The Kier molecular flexibility index (Phi) is 5.46. The van der Waals surface area contributed by atoms with Gasteiger partial charge in [0.15, 0.2) is 0 Å². The van der Waals surface area contributed by atoms with E-state index in [9.17, 15) is 9.59 Å². The van der Waals surface area contributed by atoms with Crippen LogP contribution in [0.5, 0.6) is 0 Å². The molecule has 0 saturated heterocycles. The summed E-state index contributed by atoms with van der Waals surface area (Å²) in [5.74, 6) is -0.152. The van der Waals surface area contributed by atoms with Gasteiger partial charge in [-0.1, -0.05) is 60.7 Å². The van der Waals surface area contributed by atoms with E-state index >= 15 is 0 Å². The van der Waals surface area contributed by atoms with E-state index < -0.39 is 0 Å². The Labute approximate surface area is 187 Å². The zero-order chi connectivity index (χ0) is 21.9. The minimum atomic E-state index is -0.118. The normalized spacial score (nSPS) is 13.1. The number of aromatic nitrogens is 1. The summed E-state index contributed by atoms with van der Waals surface area (Å²) in [5, 5.41) is 7.06. The number of nitrogens with zero attached hydrogens (tertiary/aromatic N) is 1. The van der Waals surface area contributed by atoms with E-state index in [1.54, 1.807) is 0 Å². The highest BCUT2D eigenvalue weighted by Gasteiger charge is 2.23. The molecule has 5 heteroatoms. The lowest BCUT2D eigenvalue weighted by molar-refractivity contribution is 0.0936. The Morgan fingerprint density at radius 1 is 0.812 bits per heavy atom. The first-order chi connectivity index (χ1) is 15.7. The van der Waals surface area contributed by atoms with E-state index in [2.05, 4.69) is 27.3 Å². The molecule has 2 amide bonds. The van der Waals surface area contributed by atoms with E-state index in [4.69, 9.17) is 0 Å². The number of fused-ring (bicyclic) bond motifs is 1. The maximum absolute atomic E-state index is 13.1. The van der Waals surface area contributed by atoms with Crippen molar-refractivity contribution in [3.63, 3.8) is 0 Å². The maximum atomic E-state index is 13.1. The molecule has 1 aromatic heterocycles. The first kappa shape index (κ1) is 20.1. The molecule has 0 aliphatic heterocycles. The Balaban J connectivity index is 1.31. The van der Waals surface area contributed by atoms with Crippen LogP contribution in [0.4, 0.5) is 0 Å². The summed E-state index contributed by atoms with van der Waals surface area (Å²) < 4.78 is 2.06. The molecule has 5 nitrogen and oxygen atoms in total. The highest BCUT2D eigenvalue weighted by molar-refractivity contribution is 5.99. The molecular weight excluding hydrogens is 398 g/mol. The second kappa shape index (κ2) is 8.71. The second-order valence-electron chi connectivity index (χ2n) is 8.29. The van der Waals surface area contributed by atoms with Gasteiger partial charge in [0, 0.05) is 35.6 Å². The predicted molar refractivity (Wildman–Crippen MR) is 126 cm³/mol. The highest BCUT2D eigenvalue weighted by atomic mass is 16.2. The van der Waals surface area contributed by atoms with Crippen LogP contribution in [0.2, 0.25) is 0 Å². The van der Waals surface area contributed by atoms with Gasteiger partial charge in [0.05, 0.1) is 0 Å². The number of carbonyl (C=O) groups excluding carboxylic acids is 2. The van der Waals surface area contributed by atoms with E-state index in [0.29, 0.717) is 30.4 Å². The Hall–Kier alpha value is -3.86. The fourth-order valence-corrected chi connectivity index (χ4v) is 3.88. The lowest BCUT2D eigenvalue weighted by Crippen LogP contribution is -2.26. The first-order valence-corrected chi connectivity index (χ1v) is 11.0. The molecule has 4 aromatic rings. The van der Waals surface area contributed by atoms with E-state index in [1.165, 1.54) is 0 Å². The summed E-state index contributed by atoms with van der Waals surface area (Å²) in [4.78, 5) is 25.3. The quantitative estimate of drug-likeness (QED) is 0.459. The molecule has 0 atom stereocenters. The van der Waals surface area contributed by atoms with Gasteiger partial charge in [0.25, 0.3) is 11.8 Å². The molecule has 2 N–H and O–H groups in total. The first-order valence-electron chi connectivity index (χ1n) is 11.0. The molecule has 1 heterocycles. The summed E-state index contributed by atoms with van der Waals surface area (Å²) in [7, 11) is 0. The van der Waals surface area contributed by atoms with Crippen LogP contribution >= 0.6 is 0 Å². The molecule has 0 unspecified atom stereocenters. The number of amides is 2. The molecule has 0 bridgehead atoms. The number of hydrogen-bond acceptors (Lipinski definition) is 2. The topological polar surface area (TPSA) is 63.1 Å². The zero-order valence-electron chi connectivity index (χ0n) is 17.8. The second-order valence-corrected chi connectivity index (χ2v) is 8.29. The fourth-order valence-electron chi connectivity index (χ4n) is 3.88. The molecule has 0 radical (unpaired) electrons. The molecule has 1 aliphatic carbocycles. The number of rotatable bonds is 7.